The standard InChI is InChI=1S/C8H4F2S2/c9-6-1-2-7(12-10)5-3-4-11-8(5)6/h1-4H. The maximum atomic E-state index is 13.0. The Morgan fingerprint density at radius 1 is 1.25 bits per heavy atom. The fraction of sp³-hybridized carbons (Fsp3) is 0. The first-order valence-corrected chi connectivity index (χ1v) is 4.87. The zero-order valence-electron chi connectivity index (χ0n) is 5.88. The topological polar surface area (TPSA) is 0 Å². The van der Waals surface area contributed by atoms with Gasteiger partial charge < -0.3 is 0 Å². The van der Waals surface area contributed by atoms with Crippen molar-refractivity contribution < 1.29 is 8.28 Å². The molecule has 4 heteroatoms. The highest BCUT2D eigenvalue weighted by Gasteiger charge is 2.06. The predicted molar refractivity (Wildman–Crippen MR) is 48.7 cm³/mol. The van der Waals surface area contributed by atoms with Crippen molar-refractivity contribution in [2.24, 2.45) is 0 Å². The summed E-state index contributed by atoms with van der Waals surface area (Å²) in [5, 5.41) is 2.42. The lowest BCUT2D eigenvalue weighted by molar-refractivity contribution is 0.641. The first-order chi connectivity index (χ1) is 5.83. The number of halogens is 2. The Morgan fingerprint density at radius 2 is 2.08 bits per heavy atom. The fourth-order valence-corrected chi connectivity index (χ4v) is 2.33. The van der Waals surface area contributed by atoms with Crippen LogP contribution in [0.2, 0.25) is 0 Å². The Hall–Kier alpha value is -0.610. The molecule has 0 N–H and O–H groups in total. The van der Waals surface area contributed by atoms with E-state index in [1.165, 1.54) is 23.5 Å². The van der Waals surface area contributed by atoms with Crippen LogP contribution in [0.15, 0.2) is 28.5 Å². The van der Waals surface area contributed by atoms with Crippen molar-refractivity contribution in [3.8, 4) is 0 Å². The molecule has 0 aliphatic heterocycles. The number of fused-ring (bicyclic) bond motifs is 1. The number of hydrogen-bond acceptors (Lipinski definition) is 2. The average Bonchev–Trinajstić information content (AvgIpc) is 2.54. The summed E-state index contributed by atoms with van der Waals surface area (Å²) in [6.07, 6.45) is 0. The molecule has 1 aromatic carbocycles. The summed E-state index contributed by atoms with van der Waals surface area (Å²) in [5.74, 6) is -0.280. The third kappa shape index (κ3) is 1.11. The zero-order valence-corrected chi connectivity index (χ0v) is 7.51. The molecule has 0 saturated heterocycles. The van der Waals surface area contributed by atoms with E-state index in [-0.39, 0.29) is 18.0 Å². The lowest BCUT2D eigenvalue weighted by Crippen LogP contribution is -1.74. The van der Waals surface area contributed by atoms with Crippen LogP contribution >= 0.6 is 23.5 Å². The molecule has 0 atom stereocenters. The van der Waals surface area contributed by atoms with Gasteiger partial charge in [-0.2, -0.15) is 3.89 Å². The van der Waals surface area contributed by atoms with Crippen molar-refractivity contribution >= 4 is 33.6 Å². The lowest BCUT2D eigenvalue weighted by atomic mass is 10.2. The van der Waals surface area contributed by atoms with E-state index >= 15 is 0 Å². The number of thiophene rings is 1. The Morgan fingerprint density at radius 3 is 2.83 bits per heavy atom. The molecule has 62 valence electrons. The largest absolute Gasteiger partial charge is 0.205 e. The second kappa shape index (κ2) is 3.03. The first-order valence-electron chi connectivity index (χ1n) is 3.27. The summed E-state index contributed by atoms with van der Waals surface area (Å²) < 4.78 is 25.8. The fourth-order valence-electron chi connectivity index (χ4n) is 1.07. The monoisotopic (exact) mass is 202 g/mol. The van der Waals surface area contributed by atoms with E-state index in [0.29, 0.717) is 15.0 Å². The highest BCUT2D eigenvalue weighted by atomic mass is 32.2. The molecule has 0 spiro atoms. The molecule has 12 heavy (non-hydrogen) atoms. The third-order valence-electron chi connectivity index (χ3n) is 1.61. The molecule has 0 nitrogen and oxygen atoms in total. The molecule has 0 radical (unpaired) electrons. The Kier molecular flexibility index (Phi) is 2.02. The average molecular weight is 202 g/mol. The van der Waals surface area contributed by atoms with E-state index in [4.69, 9.17) is 0 Å². The summed E-state index contributed by atoms with van der Waals surface area (Å²) in [5.41, 5.74) is 0. The summed E-state index contributed by atoms with van der Waals surface area (Å²) >= 11 is 1.44. The summed E-state index contributed by atoms with van der Waals surface area (Å²) in [7, 11) is 0. The van der Waals surface area contributed by atoms with Crippen molar-refractivity contribution in [1.29, 1.82) is 0 Å². The minimum absolute atomic E-state index is 0.152. The lowest BCUT2D eigenvalue weighted by Gasteiger charge is -1.95. The van der Waals surface area contributed by atoms with E-state index in [2.05, 4.69) is 0 Å². The van der Waals surface area contributed by atoms with Gasteiger partial charge in [0.25, 0.3) is 0 Å². The highest BCUT2D eigenvalue weighted by Crippen LogP contribution is 2.33. The summed E-state index contributed by atoms with van der Waals surface area (Å²) in [4.78, 5) is 0.479. The molecule has 2 rings (SSSR count). The van der Waals surface area contributed by atoms with Gasteiger partial charge in [-0.25, -0.2) is 4.39 Å². The molecule has 0 aliphatic carbocycles. The van der Waals surface area contributed by atoms with Gasteiger partial charge in [-0.05, 0) is 23.6 Å². The van der Waals surface area contributed by atoms with Crippen LogP contribution in [0.1, 0.15) is 0 Å². The van der Waals surface area contributed by atoms with Crippen LogP contribution in [0.5, 0.6) is 0 Å². The second-order valence-electron chi connectivity index (χ2n) is 2.29. The van der Waals surface area contributed by atoms with E-state index in [0.717, 1.165) is 0 Å². The van der Waals surface area contributed by atoms with Crippen LogP contribution in [0, 0.1) is 5.82 Å². The molecule has 0 bridgehead atoms. The van der Waals surface area contributed by atoms with Gasteiger partial charge in [0.15, 0.2) is 0 Å². The molecule has 1 heterocycles. The van der Waals surface area contributed by atoms with Crippen LogP contribution in [0.25, 0.3) is 10.1 Å². The van der Waals surface area contributed by atoms with Crippen LogP contribution < -0.4 is 0 Å². The van der Waals surface area contributed by atoms with Gasteiger partial charge in [0, 0.05) is 10.3 Å². The molecule has 2 aromatic rings. The smallest absolute Gasteiger partial charge is 0.141 e. The SMILES string of the molecule is FSc1ccc(F)c2sccc12. The molecular weight excluding hydrogens is 198 g/mol. The molecule has 1 aromatic heterocycles. The van der Waals surface area contributed by atoms with Crippen LogP contribution in [-0.2, 0) is 0 Å². The quantitative estimate of drug-likeness (QED) is 0.673. The Labute approximate surface area is 76.5 Å². The summed E-state index contributed by atoms with van der Waals surface area (Å²) in [6, 6.07) is 4.47. The van der Waals surface area contributed by atoms with Crippen molar-refractivity contribution in [1.82, 2.24) is 0 Å². The molecule has 0 saturated carbocycles. The number of rotatable bonds is 1. The molecule has 0 unspecified atom stereocenters. The molecule has 0 aliphatic rings. The minimum atomic E-state index is -0.280. The molecular formula is C8H4F2S2. The Bertz CT molecular complexity index is 408. The predicted octanol–water partition coefficient (Wildman–Crippen LogP) is 4.02. The number of hydrogen-bond donors (Lipinski definition) is 0. The van der Waals surface area contributed by atoms with E-state index < -0.39 is 0 Å². The summed E-state index contributed by atoms with van der Waals surface area (Å²) in [6.45, 7) is 0. The van der Waals surface area contributed by atoms with Gasteiger partial charge in [0.05, 0.1) is 16.8 Å². The van der Waals surface area contributed by atoms with E-state index in [1.54, 1.807) is 11.4 Å². The molecule has 0 fully saturated rings. The van der Waals surface area contributed by atoms with Crippen LogP contribution in [0.4, 0.5) is 8.28 Å². The van der Waals surface area contributed by atoms with Gasteiger partial charge in [-0.1, -0.05) is 0 Å². The maximum Gasteiger partial charge on any atom is 0.141 e. The maximum absolute atomic E-state index is 13.0. The van der Waals surface area contributed by atoms with Gasteiger partial charge in [-0.3, -0.25) is 0 Å². The van der Waals surface area contributed by atoms with Crippen LogP contribution in [-0.4, -0.2) is 0 Å². The highest BCUT2D eigenvalue weighted by molar-refractivity contribution is 7.94. The molecule has 0 amide bonds. The minimum Gasteiger partial charge on any atom is -0.205 e. The van der Waals surface area contributed by atoms with Crippen molar-refractivity contribution in [2.45, 2.75) is 4.90 Å². The van der Waals surface area contributed by atoms with Crippen molar-refractivity contribution in [3.63, 3.8) is 0 Å². The third-order valence-corrected chi connectivity index (χ3v) is 3.06. The van der Waals surface area contributed by atoms with Gasteiger partial charge in [-0.15, -0.1) is 11.3 Å². The number of benzene rings is 1. The van der Waals surface area contributed by atoms with E-state index in [9.17, 15) is 8.28 Å². The Balaban J connectivity index is 2.82. The normalized spacial score (nSPS) is 10.8. The van der Waals surface area contributed by atoms with Gasteiger partial charge in [0.2, 0.25) is 0 Å². The van der Waals surface area contributed by atoms with Gasteiger partial charge in [0.1, 0.15) is 5.82 Å². The van der Waals surface area contributed by atoms with Crippen LogP contribution in [0.3, 0.4) is 0 Å². The second-order valence-corrected chi connectivity index (χ2v) is 3.80. The van der Waals surface area contributed by atoms with Gasteiger partial charge >= 0.3 is 0 Å². The van der Waals surface area contributed by atoms with E-state index in [1.807, 2.05) is 0 Å². The van der Waals surface area contributed by atoms with Crippen molar-refractivity contribution in [3.05, 3.63) is 29.4 Å². The first kappa shape index (κ1) is 8.01. The van der Waals surface area contributed by atoms with Crippen molar-refractivity contribution in [2.75, 3.05) is 0 Å². The zero-order chi connectivity index (χ0) is 8.55.